The van der Waals surface area contributed by atoms with Gasteiger partial charge in [-0.05, 0) is 44.4 Å². The van der Waals surface area contributed by atoms with Crippen LogP contribution in [0.1, 0.15) is 31.7 Å². The zero-order chi connectivity index (χ0) is 14.8. The molecule has 110 valence electrons. The van der Waals surface area contributed by atoms with Gasteiger partial charge in [-0.15, -0.1) is 0 Å². The van der Waals surface area contributed by atoms with E-state index in [2.05, 4.69) is 5.32 Å². The van der Waals surface area contributed by atoms with Crippen LogP contribution >= 0.6 is 0 Å². The van der Waals surface area contributed by atoms with Gasteiger partial charge < -0.3 is 10.2 Å². The van der Waals surface area contributed by atoms with E-state index >= 15 is 0 Å². The molecule has 1 atom stereocenters. The number of nitrogens with zero attached hydrogens (tertiary/aromatic N) is 1. The Hall–Kier alpha value is -1.72. The summed E-state index contributed by atoms with van der Waals surface area (Å²) in [4.78, 5) is 13.7. The smallest absolute Gasteiger partial charge is 0.322 e. The predicted molar refractivity (Wildman–Crippen MR) is 70.5 cm³/mol. The highest BCUT2D eigenvalue weighted by Gasteiger charge is 2.30. The van der Waals surface area contributed by atoms with Gasteiger partial charge in [0.05, 0.1) is 5.56 Å². The number of alkyl halides is 3. The van der Waals surface area contributed by atoms with Crippen LogP contribution in [0, 0.1) is 0 Å². The first-order chi connectivity index (χ1) is 9.38. The summed E-state index contributed by atoms with van der Waals surface area (Å²) in [5, 5.41) is 2.54. The number of rotatable bonds is 1. The van der Waals surface area contributed by atoms with Crippen molar-refractivity contribution in [2.75, 3.05) is 11.9 Å². The molecule has 0 saturated carbocycles. The van der Waals surface area contributed by atoms with Crippen molar-refractivity contribution in [3.8, 4) is 0 Å². The number of carbonyl (C=O) groups is 1. The van der Waals surface area contributed by atoms with E-state index < -0.39 is 11.7 Å². The first kappa shape index (κ1) is 14.7. The Labute approximate surface area is 115 Å². The van der Waals surface area contributed by atoms with Gasteiger partial charge in [-0.25, -0.2) is 4.79 Å². The summed E-state index contributed by atoms with van der Waals surface area (Å²) in [6, 6.07) is 4.47. The molecule has 1 fully saturated rings. The fourth-order valence-electron chi connectivity index (χ4n) is 2.37. The molecule has 1 heterocycles. The van der Waals surface area contributed by atoms with E-state index in [1.54, 1.807) is 4.90 Å². The standard InChI is InChI=1S/C14H17F3N2O/c1-10-5-2-3-8-19(10)13(20)18-12-7-4-6-11(9-12)14(15,16)17/h4,6-7,9-10H,2-3,5,8H2,1H3,(H,18,20)/t10-/m1/s1. The van der Waals surface area contributed by atoms with E-state index in [0.717, 1.165) is 31.4 Å². The number of nitrogens with one attached hydrogen (secondary N) is 1. The Kier molecular flexibility index (Phi) is 4.20. The number of carbonyl (C=O) groups excluding carboxylic acids is 1. The molecule has 3 nitrogen and oxygen atoms in total. The van der Waals surface area contributed by atoms with Crippen molar-refractivity contribution in [3.05, 3.63) is 29.8 Å². The Balaban J connectivity index is 2.08. The maximum atomic E-state index is 12.6. The average molecular weight is 286 g/mol. The minimum Gasteiger partial charge on any atom is -0.322 e. The number of hydrogen-bond acceptors (Lipinski definition) is 1. The topological polar surface area (TPSA) is 32.3 Å². The molecule has 1 saturated heterocycles. The number of urea groups is 1. The molecule has 1 aliphatic rings. The van der Waals surface area contributed by atoms with E-state index in [1.807, 2.05) is 6.92 Å². The molecule has 0 bridgehead atoms. The van der Waals surface area contributed by atoms with E-state index in [0.29, 0.717) is 6.54 Å². The Morgan fingerprint density at radius 2 is 2.10 bits per heavy atom. The average Bonchev–Trinajstić information content (AvgIpc) is 2.38. The molecule has 1 aliphatic heterocycles. The molecule has 0 aliphatic carbocycles. The van der Waals surface area contributed by atoms with Crippen LogP contribution < -0.4 is 5.32 Å². The molecule has 1 aromatic rings. The van der Waals surface area contributed by atoms with E-state index in [-0.39, 0.29) is 17.8 Å². The minimum absolute atomic E-state index is 0.120. The SMILES string of the molecule is C[C@@H]1CCCCN1C(=O)Nc1cccc(C(F)(F)F)c1. The largest absolute Gasteiger partial charge is 0.416 e. The number of amides is 2. The van der Waals surface area contributed by atoms with Crippen LogP contribution in [0.3, 0.4) is 0 Å². The maximum Gasteiger partial charge on any atom is 0.416 e. The van der Waals surface area contributed by atoms with Crippen molar-refractivity contribution in [2.24, 2.45) is 0 Å². The summed E-state index contributed by atoms with van der Waals surface area (Å²) in [6.07, 6.45) is -1.47. The number of anilines is 1. The molecule has 1 N–H and O–H groups in total. The van der Waals surface area contributed by atoms with Gasteiger partial charge in [-0.2, -0.15) is 13.2 Å². The molecule has 2 amide bonds. The highest BCUT2D eigenvalue weighted by Crippen LogP contribution is 2.30. The molecular weight excluding hydrogens is 269 g/mol. The molecule has 0 spiro atoms. The van der Waals surface area contributed by atoms with Crippen LogP contribution in [0.25, 0.3) is 0 Å². The summed E-state index contributed by atoms with van der Waals surface area (Å²) in [7, 11) is 0. The minimum atomic E-state index is -4.40. The van der Waals surface area contributed by atoms with Gasteiger partial charge in [0.2, 0.25) is 0 Å². The van der Waals surface area contributed by atoms with Crippen LogP contribution in [-0.2, 0) is 6.18 Å². The molecule has 1 aromatic carbocycles. The summed E-state index contributed by atoms with van der Waals surface area (Å²) in [5.41, 5.74) is -0.593. The van der Waals surface area contributed by atoms with Crippen molar-refractivity contribution in [3.63, 3.8) is 0 Å². The zero-order valence-electron chi connectivity index (χ0n) is 11.2. The van der Waals surface area contributed by atoms with Crippen molar-refractivity contribution in [1.29, 1.82) is 0 Å². The molecule has 20 heavy (non-hydrogen) atoms. The second-order valence-electron chi connectivity index (χ2n) is 5.05. The third-order valence-electron chi connectivity index (χ3n) is 3.51. The molecule has 2 rings (SSSR count). The predicted octanol–water partition coefficient (Wildman–Crippen LogP) is 4.11. The van der Waals surface area contributed by atoms with E-state index in [1.165, 1.54) is 12.1 Å². The number of hydrogen-bond donors (Lipinski definition) is 1. The van der Waals surface area contributed by atoms with E-state index in [4.69, 9.17) is 0 Å². The van der Waals surface area contributed by atoms with E-state index in [9.17, 15) is 18.0 Å². The molecule has 0 radical (unpaired) electrons. The summed E-state index contributed by atoms with van der Waals surface area (Å²) in [6.45, 7) is 2.59. The van der Waals surface area contributed by atoms with Gasteiger partial charge >= 0.3 is 12.2 Å². The quantitative estimate of drug-likeness (QED) is 0.827. The highest BCUT2D eigenvalue weighted by atomic mass is 19.4. The first-order valence-corrected chi connectivity index (χ1v) is 6.63. The Bertz CT molecular complexity index is 488. The number of benzene rings is 1. The lowest BCUT2D eigenvalue weighted by molar-refractivity contribution is -0.137. The summed E-state index contributed by atoms with van der Waals surface area (Å²) >= 11 is 0. The lowest BCUT2D eigenvalue weighted by atomic mass is 10.0. The van der Waals surface area contributed by atoms with Crippen molar-refractivity contribution in [1.82, 2.24) is 4.90 Å². The summed E-state index contributed by atoms with van der Waals surface area (Å²) in [5.74, 6) is 0. The molecular formula is C14H17F3N2O. The van der Waals surface area contributed by atoms with Crippen molar-refractivity contribution >= 4 is 11.7 Å². The second-order valence-corrected chi connectivity index (χ2v) is 5.05. The van der Waals surface area contributed by atoms with Gasteiger partial charge in [0, 0.05) is 18.3 Å². The number of piperidine rings is 1. The van der Waals surface area contributed by atoms with Crippen LogP contribution in [-0.4, -0.2) is 23.5 Å². The number of likely N-dealkylation sites (tertiary alicyclic amines) is 1. The van der Waals surface area contributed by atoms with Crippen molar-refractivity contribution < 1.29 is 18.0 Å². The van der Waals surface area contributed by atoms with Crippen LogP contribution in [0.15, 0.2) is 24.3 Å². The lowest BCUT2D eigenvalue weighted by Crippen LogP contribution is -2.44. The van der Waals surface area contributed by atoms with Crippen LogP contribution in [0.2, 0.25) is 0 Å². The first-order valence-electron chi connectivity index (χ1n) is 6.63. The third-order valence-corrected chi connectivity index (χ3v) is 3.51. The normalized spacial score (nSPS) is 19.8. The van der Waals surface area contributed by atoms with Gasteiger partial charge in [-0.1, -0.05) is 6.07 Å². The summed E-state index contributed by atoms with van der Waals surface area (Å²) < 4.78 is 37.8. The fourth-order valence-corrected chi connectivity index (χ4v) is 2.37. The van der Waals surface area contributed by atoms with Gasteiger partial charge in [0.15, 0.2) is 0 Å². The fraction of sp³-hybridized carbons (Fsp3) is 0.500. The van der Waals surface area contributed by atoms with Crippen molar-refractivity contribution in [2.45, 2.75) is 38.4 Å². The van der Waals surface area contributed by atoms with Crippen LogP contribution in [0.4, 0.5) is 23.7 Å². The second kappa shape index (κ2) is 5.73. The zero-order valence-corrected chi connectivity index (χ0v) is 11.2. The maximum absolute atomic E-state index is 12.6. The lowest BCUT2D eigenvalue weighted by Gasteiger charge is -2.33. The third kappa shape index (κ3) is 3.43. The number of halogens is 3. The highest BCUT2D eigenvalue weighted by molar-refractivity contribution is 5.89. The Morgan fingerprint density at radius 3 is 2.75 bits per heavy atom. The molecule has 6 heteroatoms. The molecule has 0 aromatic heterocycles. The van der Waals surface area contributed by atoms with Gasteiger partial charge in [-0.3, -0.25) is 0 Å². The van der Waals surface area contributed by atoms with Crippen LogP contribution in [0.5, 0.6) is 0 Å². The monoisotopic (exact) mass is 286 g/mol. The molecule has 0 unspecified atom stereocenters. The Morgan fingerprint density at radius 1 is 1.35 bits per heavy atom. The van der Waals surface area contributed by atoms with Gasteiger partial charge in [0.25, 0.3) is 0 Å². The van der Waals surface area contributed by atoms with Gasteiger partial charge in [0.1, 0.15) is 0 Å².